The van der Waals surface area contributed by atoms with Gasteiger partial charge >= 0.3 is 0 Å². The molecule has 7 heteroatoms. The molecular weight excluding hydrogens is 362 g/mol. The second kappa shape index (κ2) is 7.64. The van der Waals surface area contributed by atoms with Crippen LogP contribution in [0.15, 0.2) is 47.4 Å². The molecule has 2 aromatic carbocycles. The number of methoxy groups -OCH3 is 2. The van der Waals surface area contributed by atoms with E-state index in [-0.39, 0.29) is 16.5 Å². The first-order chi connectivity index (χ1) is 11.7. The summed E-state index contributed by atoms with van der Waals surface area (Å²) in [4.78, 5) is 0.0692. The third-order valence-electron chi connectivity index (χ3n) is 4.00. The van der Waals surface area contributed by atoms with E-state index < -0.39 is 15.4 Å². The molecule has 0 heterocycles. The Bertz CT molecular complexity index is 850. The van der Waals surface area contributed by atoms with Gasteiger partial charge in [-0.3, -0.25) is 0 Å². The van der Waals surface area contributed by atoms with E-state index >= 15 is 0 Å². The van der Waals surface area contributed by atoms with Crippen LogP contribution >= 0.6 is 11.6 Å². The average molecular weight is 384 g/mol. The zero-order valence-electron chi connectivity index (χ0n) is 14.7. The Morgan fingerprint density at radius 3 is 2.28 bits per heavy atom. The van der Waals surface area contributed by atoms with Crippen molar-refractivity contribution < 1.29 is 17.9 Å². The van der Waals surface area contributed by atoms with Crippen LogP contribution in [-0.2, 0) is 15.4 Å². The first-order valence-corrected chi connectivity index (χ1v) is 9.54. The van der Waals surface area contributed by atoms with E-state index in [0.717, 1.165) is 5.56 Å². The number of halogens is 1. The smallest absolute Gasteiger partial charge is 0.242 e. The first-order valence-electron chi connectivity index (χ1n) is 7.68. The van der Waals surface area contributed by atoms with Gasteiger partial charge in [0.15, 0.2) is 11.5 Å². The van der Waals surface area contributed by atoms with Crippen LogP contribution in [0.4, 0.5) is 0 Å². The van der Waals surface area contributed by atoms with E-state index in [1.54, 1.807) is 38.5 Å². The van der Waals surface area contributed by atoms with Gasteiger partial charge in [-0.1, -0.05) is 43.6 Å². The highest BCUT2D eigenvalue weighted by molar-refractivity contribution is 7.89. The van der Waals surface area contributed by atoms with Crippen molar-refractivity contribution in [1.29, 1.82) is 0 Å². The summed E-state index contributed by atoms with van der Waals surface area (Å²) in [5.74, 6) is 1.22. The van der Waals surface area contributed by atoms with Crippen molar-refractivity contribution >= 4 is 21.6 Å². The van der Waals surface area contributed by atoms with E-state index in [1.807, 2.05) is 26.0 Å². The minimum Gasteiger partial charge on any atom is -0.493 e. The van der Waals surface area contributed by atoms with Crippen LogP contribution in [-0.4, -0.2) is 29.2 Å². The third kappa shape index (κ3) is 4.45. The Kier molecular flexibility index (Phi) is 5.98. The van der Waals surface area contributed by atoms with Crippen LogP contribution in [0.2, 0.25) is 5.02 Å². The van der Waals surface area contributed by atoms with Crippen LogP contribution in [0, 0.1) is 0 Å². The van der Waals surface area contributed by atoms with Crippen molar-refractivity contribution in [1.82, 2.24) is 4.72 Å². The molecule has 25 heavy (non-hydrogen) atoms. The molecule has 0 unspecified atom stereocenters. The second-order valence-corrected chi connectivity index (χ2v) is 8.35. The van der Waals surface area contributed by atoms with Gasteiger partial charge in [0.25, 0.3) is 0 Å². The molecule has 2 rings (SSSR count). The van der Waals surface area contributed by atoms with Crippen LogP contribution in [0.25, 0.3) is 0 Å². The highest BCUT2D eigenvalue weighted by atomic mass is 35.5. The number of hydrogen-bond acceptors (Lipinski definition) is 4. The van der Waals surface area contributed by atoms with E-state index in [4.69, 9.17) is 21.1 Å². The minimum atomic E-state index is -3.70. The highest BCUT2D eigenvalue weighted by Gasteiger charge is 2.26. The van der Waals surface area contributed by atoms with Gasteiger partial charge < -0.3 is 9.47 Å². The van der Waals surface area contributed by atoms with Crippen LogP contribution in [0.3, 0.4) is 0 Å². The van der Waals surface area contributed by atoms with Gasteiger partial charge in [0, 0.05) is 12.0 Å². The lowest BCUT2D eigenvalue weighted by Crippen LogP contribution is -2.36. The molecule has 0 atom stereocenters. The summed E-state index contributed by atoms with van der Waals surface area (Å²) >= 11 is 6.00. The van der Waals surface area contributed by atoms with Gasteiger partial charge in [-0.2, -0.15) is 0 Å². The number of benzene rings is 2. The summed E-state index contributed by atoms with van der Waals surface area (Å²) in [6.07, 6.45) is 0. The zero-order chi connectivity index (χ0) is 18.7. The van der Waals surface area contributed by atoms with Crippen LogP contribution in [0.5, 0.6) is 11.5 Å². The Labute approximate surface area is 154 Å². The molecule has 0 aliphatic heterocycles. The Hall–Kier alpha value is -1.76. The fourth-order valence-corrected chi connectivity index (χ4v) is 4.10. The predicted molar refractivity (Wildman–Crippen MR) is 99.2 cm³/mol. The number of sulfonamides is 1. The fourth-order valence-electron chi connectivity index (χ4n) is 2.38. The van der Waals surface area contributed by atoms with Crippen LogP contribution < -0.4 is 14.2 Å². The van der Waals surface area contributed by atoms with Gasteiger partial charge in [0.05, 0.1) is 19.2 Å². The number of rotatable bonds is 7. The van der Waals surface area contributed by atoms with E-state index in [0.29, 0.717) is 11.5 Å². The maximum Gasteiger partial charge on any atom is 0.242 e. The molecule has 0 radical (unpaired) electrons. The Balaban J connectivity index is 2.23. The molecule has 0 bridgehead atoms. The standard InChI is InChI=1S/C18H22ClNO4S/c1-18(2,13-9-10-15(23-3)16(11-13)24-4)12-20-25(21,22)17-8-6-5-7-14(17)19/h5-11,20H,12H2,1-4H3. The Morgan fingerprint density at radius 1 is 1.04 bits per heavy atom. The second-order valence-electron chi connectivity index (χ2n) is 6.21. The van der Waals surface area contributed by atoms with Gasteiger partial charge in [0.2, 0.25) is 10.0 Å². The van der Waals surface area contributed by atoms with Crippen molar-refractivity contribution in [2.24, 2.45) is 0 Å². The predicted octanol–water partition coefficient (Wildman–Crippen LogP) is 3.61. The highest BCUT2D eigenvalue weighted by Crippen LogP contribution is 2.33. The number of hydrogen-bond donors (Lipinski definition) is 1. The number of nitrogens with one attached hydrogen (secondary N) is 1. The molecule has 0 saturated carbocycles. The van der Waals surface area contributed by atoms with Crippen LogP contribution in [0.1, 0.15) is 19.4 Å². The molecule has 0 aromatic heterocycles. The molecule has 0 saturated heterocycles. The number of ether oxygens (including phenoxy) is 2. The summed E-state index contributed by atoms with van der Waals surface area (Å²) in [5, 5.41) is 0.193. The quantitative estimate of drug-likeness (QED) is 0.793. The van der Waals surface area contributed by atoms with Gasteiger partial charge in [-0.05, 0) is 29.8 Å². The largest absolute Gasteiger partial charge is 0.493 e. The fraction of sp³-hybridized carbons (Fsp3) is 0.333. The normalized spacial score (nSPS) is 12.0. The summed E-state index contributed by atoms with van der Waals surface area (Å²) in [7, 11) is -0.564. The van der Waals surface area contributed by atoms with Gasteiger partial charge in [-0.15, -0.1) is 0 Å². The topological polar surface area (TPSA) is 64.6 Å². The van der Waals surface area contributed by atoms with E-state index in [9.17, 15) is 8.42 Å². The molecule has 1 N–H and O–H groups in total. The molecule has 2 aromatic rings. The SMILES string of the molecule is COc1ccc(C(C)(C)CNS(=O)(=O)c2ccccc2Cl)cc1OC. The summed E-state index contributed by atoms with van der Waals surface area (Å²) in [6.45, 7) is 4.10. The van der Waals surface area contributed by atoms with E-state index in [1.165, 1.54) is 6.07 Å². The molecule has 136 valence electrons. The molecular formula is C18H22ClNO4S. The molecule has 0 spiro atoms. The Morgan fingerprint density at radius 2 is 1.68 bits per heavy atom. The lowest BCUT2D eigenvalue weighted by Gasteiger charge is -2.26. The monoisotopic (exact) mass is 383 g/mol. The molecule has 0 fully saturated rings. The van der Waals surface area contributed by atoms with Crippen molar-refractivity contribution in [3.63, 3.8) is 0 Å². The van der Waals surface area contributed by atoms with Crippen molar-refractivity contribution in [2.75, 3.05) is 20.8 Å². The maximum absolute atomic E-state index is 12.5. The zero-order valence-corrected chi connectivity index (χ0v) is 16.2. The first kappa shape index (κ1) is 19.6. The lowest BCUT2D eigenvalue weighted by atomic mass is 9.85. The van der Waals surface area contributed by atoms with Gasteiger partial charge in [0.1, 0.15) is 4.90 Å². The molecule has 0 amide bonds. The summed E-state index contributed by atoms with van der Waals surface area (Å²) in [5.41, 5.74) is 0.459. The van der Waals surface area contributed by atoms with E-state index in [2.05, 4.69) is 4.72 Å². The van der Waals surface area contributed by atoms with Crippen molar-refractivity contribution in [3.8, 4) is 11.5 Å². The summed E-state index contributed by atoms with van der Waals surface area (Å²) < 4.78 is 38.2. The molecule has 0 aliphatic rings. The molecule has 0 aliphatic carbocycles. The average Bonchev–Trinajstić information content (AvgIpc) is 2.59. The maximum atomic E-state index is 12.5. The van der Waals surface area contributed by atoms with Gasteiger partial charge in [-0.25, -0.2) is 13.1 Å². The lowest BCUT2D eigenvalue weighted by molar-refractivity contribution is 0.353. The van der Waals surface area contributed by atoms with Crippen molar-refractivity contribution in [2.45, 2.75) is 24.2 Å². The minimum absolute atomic E-state index is 0.0692. The third-order valence-corrected chi connectivity index (χ3v) is 5.90. The summed E-state index contributed by atoms with van der Waals surface area (Å²) in [6, 6.07) is 11.9. The molecule has 5 nitrogen and oxygen atoms in total. The van der Waals surface area contributed by atoms with Crippen molar-refractivity contribution in [3.05, 3.63) is 53.1 Å².